The first-order valence-corrected chi connectivity index (χ1v) is 7.77. The third-order valence-electron chi connectivity index (χ3n) is 4.33. The molecule has 0 aliphatic heterocycles. The van der Waals surface area contributed by atoms with Crippen LogP contribution in [-0.2, 0) is 4.79 Å². The predicted octanol–water partition coefficient (Wildman–Crippen LogP) is 3.04. The van der Waals surface area contributed by atoms with Crippen molar-refractivity contribution in [3.63, 3.8) is 0 Å². The lowest BCUT2D eigenvalue weighted by Crippen LogP contribution is -2.20. The number of halogens is 1. The van der Waals surface area contributed by atoms with Gasteiger partial charge in [-0.2, -0.15) is 5.10 Å². The summed E-state index contributed by atoms with van der Waals surface area (Å²) in [5, 5.41) is 13.6. The van der Waals surface area contributed by atoms with Crippen LogP contribution < -0.4 is 5.43 Å². The smallest absolute Gasteiger partial charge is 0.243 e. The zero-order valence-corrected chi connectivity index (χ0v) is 12.6. The van der Waals surface area contributed by atoms with Crippen LogP contribution in [-0.4, -0.2) is 17.2 Å². The maximum atomic E-state index is 12.0. The Hall–Kier alpha value is -1.36. The first-order chi connectivity index (χ1) is 9.66. The quantitative estimate of drug-likeness (QED) is 0.658. The maximum absolute atomic E-state index is 12.0. The Bertz CT molecular complexity index is 547. The van der Waals surface area contributed by atoms with E-state index in [1.165, 1.54) is 31.9 Å². The molecule has 0 unspecified atom stereocenters. The molecule has 1 aromatic carbocycles. The van der Waals surface area contributed by atoms with E-state index >= 15 is 0 Å². The zero-order chi connectivity index (χ0) is 14.1. The van der Waals surface area contributed by atoms with Crippen LogP contribution in [0.1, 0.15) is 31.2 Å². The van der Waals surface area contributed by atoms with Gasteiger partial charge in [0.1, 0.15) is 5.75 Å². The fourth-order valence-electron chi connectivity index (χ4n) is 3.25. The number of phenolic OH excluding ortho intramolecular Hbond substituents is 1. The molecule has 0 heterocycles. The number of rotatable bonds is 3. The number of fused-ring (bicyclic) bond motifs is 1. The van der Waals surface area contributed by atoms with Crippen LogP contribution in [0.5, 0.6) is 5.75 Å². The fourth-order valence-corrected chi connectivity index (χ4v) is 3.63. The largest absolute Gasteiger partial charge is 0.507 e. The van der Waals surface area contributed by atoms with Crippen LogP contribution >= 0.6 is 15.9 Å². The molecule has 0 bridgehead atoms. The highest BCUT2D eigenvalue weighted by molar-refractivity contribution is 9.10. The molecular weight excluding hydrogens is 320 g/mol. The Morgan fingerprint density at radius 2 is 2.05 bits per heavy atom. The lowest BCUT2D eigenvalue weighted by atomic mass is 10.0. The van der Waals surface area contributed by atoms with Crippen molar-refractivity contribution in [1.29, 1.82) is 0 Å². The molecule has 20 heavy (non-hydrogen) atoms. The predicted molar refractivity (Wildman–Crippen MR) is 80.5 cm³/mol. The van der Waals surface area contributed by atoms with E-state index in [1.807, 2.05) is 0 Å². The first-order valence-electron chi connectivity index (χ1n) is 6.98. The molecule has 2 fully saturated rings. The summed E-state index contributed by atoms with van der Waals surface area (Å²) in [5.74, 6) is 1.49. The molecule has 1 aromatic rings. The van der Waals surface area contributed by atoms with Crippen LogP contribution in [0.4, 0.5) is 0 Å². The van der Waals surface area contributed by atoms with Crippen LogP contribution in [0.15, 0.2) is 27.8 Å². The number of hydrogen-bond donors (Lipinski definition) is 2. The number of benzene rings is 1. The molecule has 2 N–H and O–H groups in total. The summed E-state index contributed by atoms with van der Waals surface area (Å²) in [5.41, 5.74) is 3.18. The normalized spacial score (nSPS) is 28.1. The van der Waals surface area contributed by atoms with Gasteiger partial charge in [0.05, 0.1) is 6.21 Å². The second kappa shape index (κ2) is 5.56. The third kappa shape index (κ3) is 2.73. The van der Waals surface area contributed by atoms with E-state index in [-0.39, 0.29) is 17.6 Å². The molecule has 1 amide bonds. The van der Waals surface area contributed by atoms with Gasteiger partial charge in [-0.05, 0) is 42.9 Å². The molecule has 0 aromatic heterocycles. The highest BCUT2D eigenvalue weighted by Crippen LogP contribution is 2.55. The molecule has 0 spiro atoms. The van der Waals surface area contributed by atoms with Gasteiger partial charge in [0.25, 0.3) is 0 Å². The van der Waals surface area contributed by atoms with Crippen LogP contribution in [0.3, 0.4) is 0 Å². The van der Waals surface area contributed by atoms with Crippen molar-refractivity contribution >= 4 is 28.1 Å². The van der Waals surface area contributed by atoms with Crippen molar-refractivity contribution in [2.75, 3.05) is 0 Å². The highest BCUT2D eigenvalue weighted by Gasteiger charge is 2.54. The van der Waals surface area contributed by atoms with Gasteiger partial charge in [-0.1, -0.05) is 28.8 Å². The molecule has 2 atom stereocenters. The first kappa shape index (κ1) is 13.6. The Kier molecular flexibility index (Phi) is 3.78. The van der Waals surface area contributed by atoms with Crippen LogP contribution in [0.25, 0.3) is 0 Å². The van der Waals surface area contributed by atoms with E-state index in [2.05, 4.69) is 26.5 Å². The van der Waals surface area contributed by atoms with E-state index in [9.17, 15) is 9.90 Å². The second-order valence-corrected chi connectivity index (χ2v) is 6.49. The molecule has 0 radical (unpaired) electrons. The molecular formula is C15H17BrN2O2. The van der Waals surface area contributed by atoms with Crippen molar-refractivity contribution in [1.82, 2.24) is 5.43 Å². The second-order valence-electron chi connectivity index (χ2n) is 5.58. The summed E-state index contributed by atoms with van der Waals surface area (Å²) in [6, 6.07) is 5.09. The van der Waals surface area contributed by atoms with Crippen molar-refractivity contribution in [3.8, 4) is 5.75 Å². The van der Waals surface area contributed by atoms with E-state index in [4.69, 9.17) is 0 Å². The fraction of sp³-hybridized carbons (Fsp3) is 0.467. The van der Waals surface area contributed by atoms with Crippen molar-refractivity contribution < 1.29 is 9.90 Å². The summed E-state index contributed by atoms with van der Waals surface area (Å²) >= 11 is 3.33. The summed E-state index contributed by atoms with van der Waals surface area (Å²) < 4.78 is 0.858. The van der Waals surface area contributed by atoms with Gasteiger partial charge in [-0.25, -0.2) is 5.43 Å². The van der Waals surface area contributed by atoms with E-state index in [0.29, 0.717) is 17.4 Å². The van der Waals surface area contributed by atoms with Gasteiger partial charge < -0.3 is 5.11 Å². The SMILES string of the molecule is O=C(N/N=C\c1cc(Br)ccc1O)C1[C@H]2CCCC[C@H]12. The number of amides is 1. The van der Waals surface area contributed by atoms with Crippen LogP contribution in [0, 0.1) is 17.8 Å². The van der Waals surface area contributed by atoms with Gasteiger partial charge in [-0.15, -0.1) is 0 Å². The maximum Gasteiger partial charge on any atom is 0.243 e. The number of aromatic hydroxyl groups is 1. The summed E-state index contributed by atoms with van der Waals surface area (Å²) in [6.07, 6.45) is 6.34. The summed E-state index contributed by atoms with van der Waals surface area (Å²) in [6.45, 7) is 0. The number of nitrogens with zero attached hydrogens (tertiary/aromatic N) is 1. The number of hydrazone groups is 1. The van der Waals surface area contributed by atoms with Gasteiger partial charge in [0, 0.05) is 16.0 Å². The minimum absolute atomic E-state index is 0.0210. The molecule has 2 saturated carbocycles. The Morgan fingerprint density at radius 1 is 1.35 bits per heavy atom. The standard InChI is InChI=1S/C15H17BrN2O2/c16-10-5-6-13(19)9(7-10)8-17-18-15(20)14-11-3-1-2-4-12(11)14/h5-8,11-12,14,19H,1-4H2,(H,18,20)/b17-8-/t11-,12-/m0/s1. The lowest BCUT2D eigenvalue weighted by Gasteiger charge is -2.04. The van der Waals surface area contributed by atoms with Gasteiger partial charge >= 0.3 is 0 Å². The van der Waals surface area contributed by atoms with Crippen LogP contribution in [0.2, 0.25) is 0 Å². The molecule has 4 nitrogen and oxygen atoms in total. The minimum atomic E-state index is 0.0210. The van der Waals surface area contributed by atoms with Gasteiger partial charge in [0.2, 0.25) is 5.91 Å². The molecule has 3 rings (SSSR count). The molecule has 0 saturated heterocycles. The van der Waals surface area contributed by atoms with Crippen molar-refractivity contribution in [2.24, 2.45) is 22.9 Å². The number of hydrogen-bond acceptors (Lipinski definition) is 3. The van der Waals surface area contributed by atoms with Gasteiger partial charge in [-0.3, -0.25) is 4.79 Å². The Morgan fingerprint density at radius 3 is 2.75 bits per heavy atom. The molecule has 5 heteroatoms. The van der Waals surface area contributed by atoms with E-state index < -0.39 is 0 Å². The number of carbonyl (C=O) groups is 1. The molecule has 2 aliphatic rings. The third-order valence-corrected chi connectivity index (χ3v) is 4.82. The monoisotopic (exact) mass is 336 g/mol. The van der Waals surface area contributed by atoms with Gasteiger partial charge in [0.15, 0.2) is 0 Å². The lowest BCUT2D eigenvalue weighted by molar-refractivity contribution is -0.122. The topological polar surface area (TPSA) is 61.7 Å². The minimum Gasteiger partial charge on any atom is -0.507 e. The van der Waals surface area contributed by atoms with Crippen molar-refractivity contribution in [2.45, 2.75) is 25.7 Å². The Labute approximate surface area is 126 Å². The Balaban J connectivity index is 1.58. The van der Waals surface area contributed by atoms with Crippen molar-refractivity contribution in [3.05, 3.63) is 28.2 Å². The summed E-state index contributed by atoms with van der Waals surface area (Å²) in [4.78, 5) is 12.0. The highest BCUT2D eigenvalue weighted by atomic mass is 79.9. The number of nitrogens with one attached hydrogen (secondary N) is 1. The average Bonchev–Trinajstić information content (AvgIpc) is 3.17. The molecule has 106 valence electrons. The average molecular weight is 337 g/mol. The summed E-state index contributed by atoms with van der Waals surface area (Å²) in [7, 11) is 0. The van der Waals surface area contributed by atoms with E-state index in [1.54, 1.807) is 18.2 Å². The number of carbonyl (C=O) groups excluding carboxylic acids is 1. The van der Waals surface area contributed by atoms with E-state index in [0.717, 1.165) is 4.47 Å². The number of phenols is 1. The molecule has 2 aliphatic carbocycles. The zero-order valence-electron chi connectivity index (χ0n) is 11.1.